The van der Waals surface area contributed by atoms with E-state index in [-0.39, 0.29) is 0 Å². The van der Waals surface area contributed by atoms with Crippen molar-refractivity contribution in [2.24, 2.45) is 7.05 Å². The van der Waals surface area contributed by atoms with Gasteiger partial charge in [0.25, 0.3) is 0 Å². The highest BCUT2D eigenvalue weighted by molar-refractivity contribution is 5.50. The average molecular weight is 160 g/mol. The number of aryl methyl sites for hydroxylation is 1. The summed E-state index contributed by atoms with van der Waals surface area (Å²) in [5.74, 6) is 0. The van der Waals surface area contributed by atoms with E-state index in [1.54, 1.807) is 24.9 Å². The minimum absolute atomic E-state index is 0.804. The van der Waals surface area contributed by atoms with Crippen molar-refractivity contribution in [3.63, 3.8) is 0 Å². The average Bonchev–Trinajstić information content (AvgIpc) is 2.54. The predicted molar refractivity (Wildman–Crippen MR) is 44.2 cm³/mol. The Kier molecular flexibility index (Phi) is 1.59. The molecule has 0 atom stereocenters. The van der Waals surface area contributed by atoms with Gasteiger partial charge in [-0.15, -0.1) is 0 Å². The van der Waals surface area contributed by atoms with Crippen LogP contribution in [0.25, 0.3) is 11.4 Å². The largest absolute Gasteiger partial charge is 0.340 e. The maximum atomic E-state index is 4.15. The van der Waals surface area contributed by atoms with E-state index in [1.165, 1.54) is 0 Å². The van der Waals surface area contributed by atoms with Crippen molar-refractivity contribution < 1.29 is 0 Å². The molecule has 0 amide bonds. The predicted octanol–water partition coefficient (Wildman–Crippen LogP) is 0.877. The fourth-order valence-corrected chi connectivity index (χ4v) is 0.976. The summed E-state index contributed by atoms with van der Waals surface area (Å²) in [6.07, 6.45) is 8.65. The van der Waals surface area contributed by atoms with Gasteiger partial charge in [-0.3, -0.25) is 9.97 Å². The third-order valence-corrected chi connectivity index (χ3v) is 1.53. The zero-order chi connectivity index (χ0) is 8.39. The monoisotopic (exact) mass is 160 g/mol. The number of aromatic nitrogens is 4. The number of hydrogen-bond donors (Lipinski definition) is 0. The van der Waals surface area contributed by atoms with Crippen LogP contribution in [0.2, 0.25) is 0 Å². The SMILES string of the molecule is Cn1cnc(-c2cnccn2)c1. The Bertz CT molecular complexity index is 366. The highest BCUT2D eigenvalue weighted by atomic mass is 15.0. The van der Waals surface area contributed by atoms with Crippen LogP contribution in [0.3, 0.4) is 0 Å². The fourth-order valence-electron chi connectivity index (χ4n) is 0.976. The van der Waals surface area contributed by atoms with Crippen molar-refractivity contribution in [1.29, 1.82) is 0 Å². The van der Waals surface area contributed by atoms with Crippen LogP contribution >= 0.6 is 0 Å². The van der Waals surface area contributed by atoms with E-state index in [1.807, 2.05) is 17.8 Å². The lowest BCUT2D eigenvalue weighted by Crippen LogP contribution is -1.83. The lowest BCUT2D eigenvalue weighted by atomic mass is 10.3. The van der Waals surface area contributed by atoms with Crippen LogP contribution in [0.1, 0.15) is 0 Å². The third kappa shape index (κ3) is 1.18. The molecular formula is C8H8N4. The molecule has 0 fully saturated rings. The molecule has 0 aliphatic heterocycles. The van der Waals surface area contributed by atoms with Crippen molar-refractivity contribution in [2.75, 3.05) is 0 Å². The van der Waals surface area contributed by atoms with Crippen molar-refractivity contribution in [1.82, 2.24) is 19.5 Å². The highest BCUT2D eigenvalue weighted by Crippen LogP contribution is 2.10. The Morgan fingerprint density at radius 1 is 1.17 bits per heavy atom. The van der Waals surface area contributed by atoms with Gasteiger partial charge in [0, 0.05) is 25.6 Å². The number of hydrogen-bond acceptors (Lipinski definition) is 3. The molecule has 0 aromatic carbocycles. The quantitative estimate of drug-likeness (QED) is 0.622. The standard InChI is InChI=1S/C8H8N4/c1-12-5-8(11-6-12)7-4-9-2-3-10-7/h2-6H,1H3. The molecule has 0 N–H and O–H groups in total. The Morgan fingerprint density at radius 2 is 2.08 bits per heavy atom. The molecule has 2 aromatic heterocycles. The van der Waals surface area contributed by atoms with Gasteiger partial charge in [0.1, 0.15) is 11.4 Å². The molecule has 0 spiro atoms. The summed E-state index contributed by atoms with van der Waals surface area (Å²) in [4.78, 5) is 12.2. The van der Waals surface area contributed by atoms with Crippen LogP contribution in [0.4, 0.5) is 0 Å². The van der Waals surface area contributed by atoms with Crippen molar-refractivity contribution >= 4 is 0 Å². The van der Waals surface area contributed by atoms with E-state index in [4.69, 9.17) is 0 Å². The second-order valence-electron chi connectivity index (χ2n) is 2.52. The van der Waals surface area contributed by atoms with E-state index in [0.717, 1.165) is 11.4 Å². The molecule has 0 aliphatic carbocycles. The Morgan fingerprint density at radius 3 is 2.67 bits per heavy atom. The normalized spacial score (nSPS) is 10.1. The first-order chi connectivity index (χ1) is 5.86. The molecule has 4 nitrogen and oxygen atoms in total. The molecule has 2 rings (SSSR count). The molecule has 0 saturated carbocycles. The van der Waals surface area contributed by atoms with Crippen LogP contribution in [-0.2, 0) is 7.05 Å². The van der Waals surface area contributed by atoms with E-state index >= 15 is 0 Å². The summed E-state index contributed by atoms with van der Waals surface area (Å²) in [5.41, 5.74) is 1.66. The van der Waals surface area contributed by atoms with Gasteiger partial charge < -0.3 is 4.57 Å². The minimum Gasteiger partial charge on any atom is -0.340 e. The van der Waals surface area contributed by atoms with Crippen LogP contribution in [-0.4, -0.2) is 19.5 Å². The maximum absolute atomic E-state index is 4.15. The summed E-state index contributed by atoms with van der Waals surface area (Å²) < 4.78 is 1.88. The Labute approximate surface area is 69.9 Å². The molecule has 2 aromatic rings. The summed E-state index contributed by atoms with van der Waals surface area (Å²) in [6.45, 7) is 0. The number of rotatable bonds is 1. The Balaban J connectivity index is 2.45. The van der Waals surface area contributed by atoms with Gasteiger partial charge in [-0.05, 0) is 0 Å². The second-order valence-corrected chi connectivity index (χ2v) is 2.52. The van der Waals surface area contributed by atoms with Crippen LogP contribution in [0, 0.1) is 0 Å². The first-order valence-corrected chi connectivity index (χ1v) is 3.60. The molecule has 0 saturated heterocycles. The van der Waals surface area contributed by atoms with Gasteiger partial charge in [-0.1, -0.05) is 0 Å². The molecule has 2 heterocycles. The first-order valence-electron chi connectivity index (χ1n) is 3.60. The first kappa shape index (κ1) is 6.97. The summed E-state index contributed by atoms with van der Waals surface area (Å²) in [6, 6.07) is 0. The minimum atomic E-state index is 0.804. The zero-order valence-electron chi connectivity index (χ0n) is 6.68. The van der Waals surface area contributed by atoms with Crippen molar-refractivity contribution in [3.05, 3.63) is 31.1 Å². The number of nitrogens with zero attached hydrogens (tertiary/aromatic N) is 4. The zero-order valence-corrected chi connectivity index (χ0v) is 6.68. The van der Waals surface area contributed by atoms with Gasteiger partial charge in [0.05, 0.1) is 12.5 Å². The van der Waals surface area contributed by atoms with Gasteiger partial charge in [0.2, 0.25) is 0 Å². The van der Waals surface area contributed by atoms with Gasteiger partial charge in [0.15, 0.2) is 0 Å². The van der Waals surface area contributed by atoms with E-state index in [9.17, 15) is 0 Å². The van der Waals surface area contributed by atoms with Crippen LogP contribution in [0.5, 0.6) is 0 Å². The molecule has 0 radical (unpaired) electrons. The lowest BCUT2D eigenvalue weighted by molar-refractivity contribution is 0.913. The topological polar surface area (TPSA) is 43.6 Å². The fraction of sp³-hybridized carbons (Fsp3) is 0.125. The summed E-state index contributed by atoms with van der Waals surface area (Å²) in [7, 11) is 1.92. The maximum Gasteiger partial charge on any atom is 0.108 e. The van der Waals surface area contributed by atoms with Crippen LogP contribution < -0.4 is 0 Å². The van der Waals surface area contributed by atoms with E-state index in [2.05, 4.69) is 15.0 Å². The van der Waals surface area contributed by atoms with Gasteiger partial charge in [-0.25, -0.2) is 4.98 Å². The van der Waals surface area contributed by atoms with Crippen molar-refractivity contribution in [2.45, 2.75) is 0 Å². The molecule has 60 valence electrons. The summed E-state index contributed by atoms with van der Waals surface area (Å²) in [5, 5.41) is 0. The molecule has 12 heavy (non-hydrogen) atoms. The molecule has 4 heteroatoms. The smallest absolute Gasteiger partial charge is 0.108 e. The van der Waals surface area contributed by atoms with Gasteiger partial charge >= 0.3 is 0 Å². The lowest BCUT2D eigenvalue weighted by Gasteiger charge is -1.91. The molecular weight excluding hydrogens is 152 g/mol. The van der Waals surface area contributed by atoms with Crippen molar-refractivity contribution in [3.8, 4) is 11.4 Å². The third-order valence-electron chi connectivity index (χ3n) is 1.53. The van der Waals surface area contributed by atoms with E-state index in [0.29, 0.717) is 0 Å². The van der Waals surface area contributed by atoms with Gasteiger partial charge in [-0.2, -0.15) is 0 Å². The van der Waals surface area contributed by atoms with E-state index < -0.39 is 0 Å². The highest BCUT2D eigenvalue weighted by Gasteiger charge is 2.00. The molecule has 0 aliphatic rings. The Hall–Kier alpha value is -1.71. The summed E-state index contributed by atoms with van der Waals surface area (Å²) >= 11 is 0. The second kappa shape index (κ2) is 2.73. The molecule has 0 bridgehead atoms. The van der Waals surface area contributed by atoms with Crippen LogP contribution in [0.15, 0.2) is 31.1 Å². The molecule has 0 unspecified atom stereocenters. The number of imidazole rings is 1.